The highest BCUT2D eigenvalue weighted by Gasteiger charge is 2.30. The van der Waals surface area contributed by atoms with Crippen molar-refractivity contribution in [1.29, 1.82) is 0 Å². The van der Waals surface area contributed by atoms with Crippen LogP contribution < -0.4 is 4.90 Å². The zero-order chi connectivity index (χ0) is 19.3. The molecule has 2 aliphatic heterocycles. The van der Waals surface area contributed by atoms with Gasteiger partial charge in [-0.3, -0.25) is 9.59 Å². The second-order valence-corrected chi connectivity index (χ2v) is 7.97. The minimum atomic E-state index is -0.0713. The first-order chi connectivity index (χ1) is 12.9. The van der Waals surface area contributed by atoms with E-state index in [1.54, 1.807) is 11.8 Å². The number of carbonyl (C=O) groups is 2. The van der Waals surface area contributed by atoms with Gasteiger partial charge in [-0.25, -0.2) is 0 Å². The average Bonchev–Trinajstić information content (AvgIpc) is 3.06. The van der Waals surface area contributed by atoms with Gasteiger partial charge in [0, 0.05) is 31.3 Å². The lowest BCUT2D eigenvalue weighted by Crippen LogP contribution is -2.38. The third-order valence-corrected chi connectivity index (χ3v) is 6.31. The van der Waals surface area contributed by atoms with Crippen molar-refractivity contribution >= 4 is 40.7 Å². The summed E-state index contributed by atoms with van der Waals surface area (Å²) in [4.78, 5) is 28.5. The summed E-state index contributed by atoms with van der Waals surface area (Å²) >= 11 is 12.3. The van der Waals surface area contributed by atoms with Crippen molar-refractivity contribution in [2.45, 2.75) is 32.7 Å². The lowest BCUT2D eigenvalue weighted by molar-refractivity contribution is -0.116. The van der Waals surface area contributed by atoms with Crippen LogP contribution in [0.4, 0.5) is 5.69 Å². The van der Waals surface area contributed by atoms with E-state index in [1.165, 1.54) is 0 Å². The largest absolute Gasteiger partial charge is 0.332 e. The van der Waals surface area contributed by atoms with Gasteiger partial charge in [0.25, 0.3) is 5.91 Å². The van der Waals surface area contributed by atoms with Gasteiger partial charge < -0.3 is 9.80 Å². The van der Waals surface area contributed by atoms with Crippen molar-refractivity contribution in [3.63, 3.8) is 0 Å². The quantitative estimate of drug-likeness (QED) is 0.695. The molecular weight excluding hydrogens is 383 g/mol. The van der Waals surface area contributed by atoms with Gasteiger partial charge in [0.15, 0.2) is 0 Å². The smallest absolute Gasteiger partial charge is 0.254 e. The van der Waals surface area contributed by atoms with Gasteiger partial charge in [0.05, 0.1) is 16.1 Å². The van der Waals surface area contributed by atoms with Crippen LogP contribution in [0.5, 0.6) is 0 Å². The number of carbonyl (C=O) groups excluding carboxylic acids is 2. The van der Waals surface area contributed by atoms with Crippen LogP contribution in [0.25, 0.3) is 0 Å². The van der Waals surface area contributed by atoms with E-state index in [0.29, 0.717) is 28.7 Å². The molecule has 0 bridgehead atoms. The summed E-state index contributed by atoms with van der Waals surface area (Å²) in [6.45, 7) is 4.90. The van der Waals surface area contributed by atoms with Crippen molar-refractivity contribution in [3.05, 3.63) is 62.6 Å². The molecule has 1 atom stereocenters. The average molecular weight is 403 g/mol. The van der Waals surface area contributed by atoms with Gasteiger partial charge >= 0.3 is 0 Å². The van der Waals surface area contributed by atoms with Crippen molar-refractivity contribution in [2.75, 3.05) is 18.0 Å². The molecule has 0 radical (unpaired) electrons. The molecule has 140 valence electrons. The zero-order valence-corrected chi connectivity index (χ0v) is 16.8. The summed E-state index contributed by atoms with van der Waals surface area (Å²) in [6.07, 6.45) is 1.54. The van der Waals surface area contributed by atoms with Crippen molar-refractivity contribution in [1.82, 2.24) is 4.90 Å². The minimum Gasteiger partial charge on any atom is -0.332 e. The van der Waals surface area contributed by atoms with Gasteiger partial charge in [0.1, 0.15) is 0 Å². The topological polar surface area (TPSA) is 40.6 Å². The molecule has 0 spiro atoms. The molecular formula is C21H20Cl2N2O2. The Hall–Kier alpha value is -2.04. The van der Waals surface area contributed by atoms with Crippen LogP contribution in [0.3, 0.4) is 0 Å². The maximum atomic E-state index is 13.2. The van der Waals surface area contributed by atoms with Gasteiger partial charge in [0.2, 0.25) is 5.91 Å². The van der Waals surface area contributed by atoms with Gasteiger partial charge in [-0.05, 0) is 66.8 Å². The number of hydrogen-bond acceptors (Lipinski definition) is 2. The van der Waals surface area contributed by atoms with E-state index in [1.807, 2.05) is 42.2 Å². The molecule has 2 heterocycles. The molecule has 0 aromatic heterocycles. The molecule has 2 aromatic carbocycles. The maximum absolute atomic E-state index is 13.2. The molecule has 2 aliphatic rings. The first-order valence-electron chi connectivity index (χ1n) is 9.06. The Bertz CT molecular complexity index is 957. The van der Waals surface area contributed by atoms with E-state index in [2.05, 4.69) is 0 Å². The van der Waals surface area contributed by atoms with Crippen LogP contribution in [0.1, 0.15) is 46.9 Å². The van der Waals surface area contributed by atoms with Crippen LogP contribution in [-0.2, 0) is 17.6 Å². The summed E-state index contributed by atoms with van der Waals surface area (Å²) in [5.74, 6) is 0.0351. The molecule has 27 heavy (non-hydrogen) atoms. The second-order valence-electron chi connectivity index (χ2n) is 7.15. The standard InChI is InChI=1S/C21H20Cl2N2O2/c1-12-17-11-19(23)18(22)10-14(17)5-7-24(12)21(27)16-3-4-20-15(9-16)6-8-25(20)13(2)26/h3-4,9-12H,5-8H2,1-2H3. The fourth-order valence-corrected chi connectivity index (χ4v) is 4.47. The molecule has 0 saturated heterocycles. The summed E-state index contributed by atoms with van der Waals surface area (Å²) < 4.78 is 0. The monoisotopic (exact) mass is 402 g/mol. The number of hydrogen-bond donors (Lipinski definition) is 0. The van der Waals surface area contributed by atoms with Gasteiger partial charge in [-0.1, -0.05) is 23.2 Å². The number of fused-ring (bicyclic) bond motifs is 2. The highest BCUT2D eigenvalue weighted by Crippen LogP contribution is 2.36. The van der Waals surface area contributed by atoms with E-state index in [9.17, 15) is 9.59 Å². The number of rotatable bonds is 1. The molecule has 4 nitrogen and oxygen atoms in total. The summed E-state index contributed by atoms with van der Waals surface area (Å²) in [7, 11) is 0. The Balaban J connectivity index is 1.62. The van der Waals surface area contributed by atoms with Crippen LogP contribution in [0.15, 0.2) is 30.3 Å². The molecule has 1 unspecified atom stereocenters. The summed E-state index contributed by atoms with van der Waals surface area (Å²) in [5.41, 5.74) is 4.82. The first-order valence-corrected chi connectivity index (χ1v) is 9.82. The fraction of sp³-hybridized carbons (Fsp3) is 0.333. The second kappa shape index (κ2) is 6.84. The third-order valence-electron chi connectivity index (χ3n) is 5.58. The molecule has 0 aliphatic carbocycles. The third kappa shape index (κ3) is 3.11. The maximum Gasteiger partial charge on any atom is 0.254 e. The first kappa shape index (κ1) is 18.3. The predicted octanol–water partition coefficient (Wildman–Crippen LogP) is 4.66. The molecule has 0 N–H and O–H groups in total. The SMILES string of the molecule is CC(=O)N1CCc2cc(C(=O)N3CCc4cc(Cl)c(Cl)cc4C3C)ccc21. The Morgan fingerprint density at radius 2 is 1.70 bits per heavy atom. The minimum absolute atomic E-state index is 0.00305. The Morgan fingerprint density at radius 3 is 2.44 bits per heavy atom. The number of nitrogens with zero attached hydrogens (tertiary/aromatic N) is 2. The molecule has 2 aromatic rings. The van der Waals surface area contributed by atoms with Gasteiger partial charge in [-0.15, -0.1) is 0 Å². The van der Waals surface area contributed by atoms with Crippen LogP contribution >= 0.6 is 23.2 Å². The number of halogens is 2. The lowest BCUT2D eigenvalue weighted by Gasteiger charge is -2.35. The molecule has 0 fully saturated rings. The van der Waals surface area contributed by atoms with Crippen LogP contribution in [-0.4, -0.2) is 29.8 Å². The highest BCUT2D eigenvalue weighted by atomic mass is 35.5. The fourth-order valence-electron chi connectivity index (χ4n) is 4.12. The van der Waals surface area contributed by atoms with E-state index in [-0.39, 0.29) is 17.9 Å². The van der Waals surface area contributed by atoms with Crippen LogP contribution in [0.2, 0.25) is 10.0 Å². The molecule has 0 saturated carbocycles. The Morgan fingerprint density at radius 1 is 1.00 bits per heavy atom. The van der Waals surface area contributed by atoms with E-state index in [0.717, 1.165) is 35.2 Å². The number of benzene rings is 2. The van der Waals surface area contributed by atoms with Gasteiger partial charge in [-0.2, -0.15) is 0 Å². The van der Waals surface area contributed by atoms with E-state index in [4.69, 9.17) is 23.2 Å². The normalized spacial score (nSPS) is 18.3. The van der Waals surface area contributed by atoms with E-state index >= 15 is 0 Å². The molecule has 2 amide bonds. The number of anilines is 1. The highest BCUT2D eigenvalue weighted by molar-refractivity contribution is 6.42. The lowest BCUT2D eigenvalue weighted by atomic mass is 9.92. The summed E-state index contributed by atoms with van der Waals surface area (Å²) in [6, 6.07) is 9.34. The molecule has 4 rings (SSSR count). The number of amides is 2. The van der Waals surface area contributed by atoms with Crippen LogP contribution in [0, 0.1) is 0 Å². The van der Waals surface area contributed by atoms with Crippen molar-refractivity contribution < 1.29 is 9.59 Å². The van der Waals surface area contributed by atoms with E-state index < -0.39 is 0 Å². The van der Waals surface area contributed by atoms with Crippen molar-refractivity contribution in [3.8, 4) is 0 Å². The zero-order valence-electron chi connectivity index (χ0n) is 15.3. The van der Waals surface area contributed by atoms with Crippen molar-refractivity contribution in [2.24, 2.45) is 0 Å². The Kier molecular flexibility index (Phi) is 4.65. The Labute approximate surface area is 168 Å². The predicted molar refractivity (Wildman–Crippen MR) is 108 cm³/mol. The summed E-state index contributed by atoms with van der Waals surface area (Å²) in [5, 5.41) is 1.06. The molecule has 6 heteroatoms.